The summed E-state index contributed by atoms with van der Waals surface area (Å²) < 4.78 is 4.71. The van der Waals surface area contributed by atoms with Gasteiger partial charge in [0.25, 0.3) is 0 Å². The van der Waals surface area contributed by atoms with Crippen molar-refractivity contribution >= 4 is 17.8 Å². The fourth-order valence-corrected chi connectivity index (χ4v) is 2.12. The first-order chi connectivity index (χ1) is 9.04. The van der Waals surface area contributed by atoms with Gasteiger partial charge in [0.15, 0.2) is 0 Å². The minimum atomic E-state index is -0.793. The van der Waals surface area contributed by atoms with Gasteiger partial charge in [-0.25, -0.2) is 9.78 Å². The van der Waals surface area contributed by atoms with E-state index in [1.54, 1.807) is 25.3 Å². The molecule has 1 aromatic rings. The van der Waals surface area contributed by atoms with E-state index in [2.05, 4.69) is 4.98 Å². The molecule has 2 rings (SSSR count). The Morgan fingerprint density at radius 2 is 2.21 bits per heavy atom. The smallest absolute Gasteiger partial charge is 0.341 e. The maximum Gasteiger partial charge on any atom is 0.341 e. The predicted molar refractivity (Wildman–Crippen MR) is 68.1 cm³/mol. The summed E-state index contributed by atoms with van der Waals surface area (Å²) >= 11 is 0. The number of nitrogens with zero attached hydrogens (tertiary/aromatic N) is 2. The number of aromatic nitrogens is 1. The average molecular weight is 264 g/mol. The number of pyridine rings is 1. The van der Waals surface area contributed by atoms with E-state index >= 15 is 0 Å². The molecule has 19 heavy (non-hydrogen) atoms. The monoisotopic (exact) mass is 264 g/mol. The van der Waals surface area contributed by atoms with Gasteiger partial charge in [-0.2, -0.15) is 0 Å². The standard InChI is InChI=1S/C13H16N2O4/c1-8(12(16)17)9-6-15(7-9)11-10(13(18)19-2)4-3-5-14-11/h3-5,8-9H,6-7H2,1-2H3,(H,16,17). The zero-order chi connectivity index (χ0) is 14.0. The highest BCUT2D eigenvalue weighted by Crippen LogP contribution is 2.30. The highest BCUT2D eigenvalue weighted by atomic mass is 16.5. The summed E-state index contributed by atoms with van der Waals surface area (Å²) in [7, 11) is 1.32. The number of hydrogen-bond acceptors (Lipinski definition) is 5. The Bertz CT molecular complexity index is 497. The number of rotatable bonds is 4. The molecule has 1 aliphatic heterocycles. The molecule has 1 fully saturated rings. The Morgan fingerprint density at radius 3 is 2.79 bits per heavy atom. The molecule has 6 nitrogen and oxygen atoms in total. The minimum absolute atomic E-state index is 0.0880. The molecule has 0 bridgehead atoms. The molecule has 1 atom stereocenters. The predicted octanol–water partition coefficient (Wildman–Crippen LogP) is 1.03. The van der Waals surface area contributed by atoms with Crippen molar-refractivity contribution in [3.63, 3.8) is 0 Å². The van der Waals surface area contributed by atoms with Crippen molar-refractivity contribution in [2.24, 2.45) is 11.8 Å². The van der Waals surface area contributed by atoms with Gasteiger partial charge in [0.05, 0.1) is 13.0 Å². The SMILES string of the molecule is COC(=O)c1cccnc1N1CC(C(C)C(=O)O)C1. The molecule has 0 spiro atoms. The largest absolute Gasteiger partial charge is 0.481 e. The second-order valence-corrected chi connectivity index (χ2v) is 4.66. The Labute approximate surface area is 111 Å². The Morgan fingerprint density at radius 1 is 1.53 bits per heavy atom. The third-order valence-corrected chi connectivity index (χ3v) is 3.50. The van der Waals surface area contributed by atoms with Crippen molar-refractivity contribution in [1.29, 1.82) is 0 Å². The molecule has 0 amide bonds. The summed E-state index contributed by atoms with van der Waals surface area (Å²) in [6.07, 6.45) is 1.61. The lowest BCUT2D eigenvalue weighted by Crippen LogP contribution is -2.51. The van der Waals surface area contributed by atoms with Crippen LogP contribution in [-0.2, 0) is 9.53 Å². The number of carbonyl (C=O) groups is 2. The maximum atomic E-state index is 11.6. The zero-order valence-corrected chi connectivity index (χ0v) is 10.9. The molecule has 2 heterocycles. The number of aliphatic carboxylic acids is 1. The van der Waals surface area contributed by atoms with Crippen molar-refractivity contribution in [3.8, 4) is 0 Å². The fourth-order valence-electron chi connectivity index (χ4n) is 2.12. The molecule has 0 radical (unpaired) electrons. The van der Waals surface area contributed by atoms with E-state index in [0.29, 0.717) is 24.5 Å². The van der Waals surface area contributed by atoms with Gasteiger partial charge in [-0.1, -0.05) is 6.92 Å². The molecule has 0 saturated carbocycles. The van der Waals surface area contributed by atoms with Crippen molar-refractivity contribution in [2.45, 2.75) is 6.92 Å². The van der Waals surface area contributed by atoms with Crippen LogP contribution in [0.1, 0.15) is 17.3 Å². The molecular formula is C13H16N2O4. The van der Waals surface area contributed by atoms with Gasteiger partial charge in [0.2, 0.25) is 0 Å². The first-order valence-electron chi connectivity index (χ1n) is 6.05. The zero-order valence-electron chi connectivity index (χ0n) is 10.9. The van der Waals surface area contributed by atoms with E-state index in [-0.39, 0.29) is 11.8 Å². The lowest BCUT2D eigenvalue weighted by molar-refractivity contribution is -0.143. The Balaban J connectivity index is 2.10. The number of hydrogen-bond donors (Lipinski definition) is 1. The van der Waals surface area contributed by atoms with Crippen LogP contribution in [0.4, 0.5) is 5.82 Å². The van der Waals surface area contributed by atoms with Crippen molar-refractivity contribution < 1.29 is 19.4 Å². The third kappa shape index (κ3) is 2.52. The van der Waals surface area contributed by atoms with Gasteiger partial charge in [0, 0.05) is 25.2 Å². The van der Waals surface area contributed by atoms with Crippen molar-refractivity contribution in [3.05, 3.63) is 23.9 Å². The Hall–Kier alpha value is -2.11. The number of methoxy groups -OCH3 is 1. The number of anilines is 1. The van der Waals surface area contributed by atoms with Gasteiger partial charge in [-0.3, -0.25) is 4.79 Å². The number of carboxylic acids is 1. The highest BCUT2D eigenvalue weighted by molar-refractivity contribution is 5.94. The molecule has 1 aliphatic rings. The first kappa shape index (κ1) is 13.3. The lowest BCUT2D eigenvalue weighted by Gasteiger charge is -2.42. The van der Waals surface area contributed by atoms with Gasteiger partial charge < -0.3 is 14.7 Å². The van der Waals surface area contributed by atoms with Crippen LogP contribution in [-0.4, -0.2) is 42.2 Å². The van der Waals surface area contributed by atoms with Crippen molar-refractivity contribution in [2.75, 3.05) is 25.1 Å². The van der Waals surface area contributed by atoms with Crippen LogP contribution in [0.25, 0.3) is 0 Å². The van der Waals surface area contributed by atoms with Gasteiger partial charge in [-0.15, -0.1) is 0 Å². The number of carboxylic acid groups (broad SMARTS) is 1. The van der Waals surface area contributed by atoms with Crippen LogP contribution in [0.3, 0.4) is 0 Å². The van der Waals surface area contributed by atoms with Crippen LogP contribution in [0.2, 0.25) is 0 Å². The molecule has 1 aromatic heterocycles. The molecule has 0 aliphatic carbocycles. The van der Waals surface area contributed by atoms with E-state index in [9.17, 15) is 9.59 Å². The number of esters is 1. The molecule has 0 aromatic carbocycles. The van der Waals surface area contributed by atoms with Crippen LogP contribution in [0.15, 0.2) is 18.3 Å². The second-order valence-electron chi connectivity index (χ2n) is 4.66. The van der Waals surface area contributed by atoms with E-state index in [0.717, 1.165) is 0 Å². The van der Waals surface area contributed by atoms with Gasteiger partial charge in [0.1, 0.15) is 11.4 Å². The first-order valence-corrected chi connectivity index (χ1v) is 6.05. The lowest BCUT2D eigenvalue weighted by atomic mass is 9.87. The van der Waals surface area contributed by atoms with Crippen molar-refractivity contribution in [1.82, 2.24) is 4.98 Å². The summed E-state index contributed by atoms with van der Waals surface area (Å²) in [6.45, 7) is 2.88. The summed E-state index contributed by atoms with van der Waals surface area (Å²) in [5.74, 6) is -0.966. The van der Waals surface area contributed by atoms with Crippen LogP contribution in [0, 0.1) is 11.8 Å². The summed E-state index contributed by atoms with van der Waals surface area (Å²) in [5.41, 5.74) is 0.409. The normalized spacial score (nSPS) is 16.6. The molecule has 1 saturated heterocycles. The van der Waals surface area contributed by atoms with Crippen LogP contribution >= 0.6 is 0 Å². The molecule has 1 N–H and O–H groups in total. The number of ether oxygens (including phenoxy) is 1. The van der Waals surface area contributed by atoms with Gasteiger partial charge in [-0.05, 0) is 12.1 Å². The summed E-state index contributed by atoms with van der Waals surface area (Å²) in [4.78, 5) is 28.6. The van der Waals surface area contributed by atoms with E-state index < -0.39 is 11.9 Å². The molecule has 102 valence electrons. The van der Waals surface area contributed by atoms with E-state index in [4.69, 9.17) is 9.84 Å². The molecule has 1 unspecified atom stereocenters. The quantitative estimate of drug-likeness (QED) is 0.818. The third-order valence-electron chi connectivity index (χ3n) is 3.50. The summed E-state index contributed by atoms with van der Waals surface area (Å²) in [6, 6.07) is 3.33. The summed E-state index contributed by atoms with van der Waals surface area (Å²) in [5, 5.41) is 8.95. The van der Waals surface area contributed by atoms with Crippen LogP contribution in [0.5, 0.6) is 0 Å². The maximum absolute atomic E-state index is 11.6. The fraction of sp³-hybridized carbons (Fsp3) is 0.462. The number of carbonyl (C=O) groups excluding carboxylic acids is 1. The topological polar surface area (TPSA) is 79.7 Å². The van der Waals surface area contributed by atoms with Crippen LogP contribution < -0.4 is 4.90 Å². The van der Waals surface area contributed by atoms with Gasteiger partial charge >= 0.3 is 11.9 Å². The highest BCUT2D eigenvalue weighted by Gasteiger charge is 2.36. The van der Waals surface area contributed by atoms with E-state index in [1.807, 2.05) is 4.90 Å². The minimum Gasteiger partial charge on any atom is -0.481 e. The van der Waals surface area contributed by atoms with E-state index in [1.165, 1.54) is 7.11 Å². The molecular weight excluding hydrogens is 248 g/mol. The Kier molecular flexibility index (Phi) is 3.69. The second kappa shape index (κ2) is 5.26. The average Bonchev–Trinajstić information content (AvgIpc) is 2.36. The molecule has 6 heteroatoms.